The highest BCUT2D eigenvalue weighted by atomic mass is 16.5. The second-order valence-electron chi connectivity index (χ2n) is 5.40. The first-order chi connectivity index (χ1) is 10.1. The molecule has 1 aromatic carbocycles. The average Bonchev–Trinajstić information content (AvgIpc) is 3.28. The molecule has 2 rings (SSSR count). The number of ether oxygens (including phenoxy) is 1. The zero-order valence-corrected chi connectivity index (χ0v) is 12.2. The number of amides is 1. The number of benzene rings is 1. The van der Waals surface area contributed by atoms with E-state index >= 15 is 0 Å². The van der Waals surface area contributed by atoms with Gasteiger partial charge in [0.15, 0.2) is 6.61 Å². The molecule has 1 aliphatic rings. The molecule has 0 radical (unpaired) electrons. The minimum absolute atomic E-state index is 0.120. The fourth-order valence-corrected chi connectivity index (χ4v) is 2.09. The normalized spacial score (nSPS) is 13.8. The highest BCUT2D eigenvalue weighted by molar-refractivity contribution is 5.82. The van der Waals surface area contributed by atoms with E-state index < -0.39 is 5.97 Å². The molecular weight excluding hydrogens is 270 g/mol. The Hall–Kier alpha value is -2.04. The number of aliphatic carboxylic acids is 1. The van der Waals surface area contributed by atoms with Crippen molar-refractivity contribution in [2.24, 2.45) is 5.92 Å². The summed E-state index contributed by atoms with van der Waals surface area (Å²) in [5.74, 6) is -0.181. The predicted octanol–water partition coefficient (Wildman–Crippen LogP) is 1.95. The smallest absolute Gasteiger partial charge is 0.323 e. The van der Waals surface area contributed by atoms with Crippen molar-refractivity contribution >= 4 is 11.9 Å². The molecule has 0 aromatic heterocycles. The summed E-state index contributed by atoms with van der Waals surface area (Å²) in [4.78, 5) is 24.3. The second-order valence-corrected chi connectivity index (χ2v) is 5.40. The van der Waals surface area contributed by atoms with Crippen LogP contribution in [0.3, 0.4) is 0 Å². The number of rotatable bonds is 8. The number of hydrogen-bond donors (Lipinski definition) is 1. The molecule has 0 aliphatic heterocycles. The molecule has 0 heterocycles. The van der Waals surface area contributed by atoms with Crippen LogP contribution >= 0.6 is 0 Å². The van der Waals surface area contributed by atoms with Crippen molar-refractivity contribution in [3.8, 4) is 5.75 Å². The Kier molecular flexibility index (Phi) is 5.20. The van der Waals surface area contributed by atoms with Crippen molar-refractivity contribution in [3.63, 3.8) is 0 Å². The fourth-order valence-electron chi connectivity index (χ4n) is 2.09. The maximum atomic E-state index is 12.1. The summed E-state index contributed by atoms with van der Waals surface area (Å²) in [6, 6.07) is 7.57. The van der Waals surface area contributed by atoms with Crippen LogP contribution in [0.1, 0.15) is 25.3 Å². The lowest BCUT2D eigenvalue weighted by molar-refractivity contribution is -0.145. The van der Waals surface area contributed by atoms with Gasteiger partial charge in [0.25, 0.3) is 5.91 Å². The van der Waals surface area contributed by atoms with Gasteiger partial charge in [-0.05, 0) is 42.9 Å². The Labute approximate surface area is 124 Å². The predicted molar refractivity (Wildman–Crippen MR) is 78.3 cm³/mol. The molecule has 0 saturated heterocycles. The molecule has 1 amide bonds. The van der Waals surface area contributed by atoms with E-state index in [9.17, 15) is 9.59 Å². The molecule has 0 atom stereocenters. The number of carbonyl (C=O) groups is 2. The van der Waals surface area contributed by atoms with Crippen LogP contribution in [0.15, 0.2) is 24.3 Å². The maximum Gasteiger partial charge on any atom is 0.323 e. The van der Waals surface area contributed by atoms with Crippen molar-refractivity contribution in [2.75, 3.05) is 19.7 Å². The lowest BCUT2D eigenvalue weighted by atomic mass is 10.2. The molecule has 1 aromatic rings. The Bertz CT molecular complexity index is 494. The standard InChI is InChI=1S/C16H21NO4/c1-2-12-5-7-14(8-6-12)21-11-15(18)17(10-16(19)20)9-13-3-4-13/h5-8,13H,2-4,9-11H2,1H3,(H,19,20). The number of carbonyl (C=O) groups excluding carboxylic acids is 1. The van der Waals surface area contributed by atoms with Crippen molar-refractivity contribution in [2.45, 2.75) is 26.2 Å². The van der Waals surface area contributed by atoms with E-state index in [0.717, 1.165) is 19.3 Å². The number of hydrogen-bond acceptors (Lipinski definition) is 3. The molecule has 0 spiro atoms. The highest BCUT2D eigenvalue weighted by Crippen LogP contribution is 2.29. The van der Waals surface area contributed by atoms with Gasteiger partial charge >= 0.3 is 5.97 Å². The summed E-state index contributed by atoms with van der Waals surface area (Å²) in [5, 5.41) is 8.87. The third kappa shape index (κ3) is 5.10. The van der Waals surface area contributed by atoms with Crippen LogP contribution in [-0.4, -0.2) is 41.6 Å². The van der Waals surface area contributed by atoms with Gasteiger partial charge in [-0.25, -0.2) is 0 Å². The van der Waals surface area contributed by atoms with Crippen LogP contribution < -0.4 is 4.74 Å². The van der Waals surface area contributed by atoms with E-state index in [1.54, 1.807) is 0 Å². The van der Waals surface area contributed by atoms with Crippen LogP contribution in [0.25, 0.3) is 0 Å². The van der Waals surface area contributed by atoms with Crippen molar-refractivity contribution in [1.29, 1.82) is 0 Å². The zero-order valence-electron chi connectivity index (χ0n) is 12.2. The van der Waals surface area contributed by atoms with Crippen LogP contribution in [0, 0.1) is 5.92 Å². The summed E-state index contributed by atoms with van der Waals surface area (Å²) in [6.45, 7) is 2.21. The number of nitrogens with zero attached hydrogens (tertiary/aromatic N) is 1. The lowest BCUT2D eigenvalue weighted by Crippen LogP contribution is -2.40. The summed E-state index contributed by atoms with van der Waals surface area (Å²) in [6.07, 6.45) is 3.10. The molecule has 1 aliphatic carbocycles. The molecule has 5 heteroatoms. The summed E-state index contributed by atoms with van der Waals surface area (Å²) in [5.41, 5.74) is 1.20. The van der Waals surface area contributed by atoms with E-state index in [1.807, 2.05) is 24.3 Å². The van der Waals surface area contributed by atoms with E-state index in [2.05, 4.69) is 6.92 Å². The minimum Gasteiger partial charge on any atom is -0.484 e. The van der Waals surface area contributed by atoms with Crippen molar-refractivity contribution < 1.29 is 19.4 Å². The maximum absolute atomic E-state index is 12.1. The highest BCUT2D eigenvalue weighted by Gasteiger charge is 2.28. The summed E-state index contributed by atoms with van der Waals surface area (Å²) < 4.78 is 5.45. The Morgan fingerprint density at radius 3 is 2.48 bits per heavy atom. The summed E-state index contributed by atoms with van der Waals surface area (Å²) in [7, 11) is 0. The van der Waals surface area contributed by atoms with Crippen LogP contribution in [0.2, 0.25) is 0 Å². The third-order valence-electron chi connectivity index (χ3n) is 3.55. The number of aryl methyl sites for hydroxylation is 1. The van der Waals surface area contributed by atoms with Crippen LogP contribution in [0.5, 0.6) is 5.75 Å². The molecule has 5 nitrogen and oxygen atoms in total. The van der Waals surface area contributed by atoms with Gasteiger partial charge in [0, 0.05) is 6.54 Å². The van der Waals surface area contributed by atoms with Crippen LogP contribution in [-0.2, 0) is 16.0 Å². The molecule has 21 heavy (non-hydrogen) atoms. The lowest BCUT2D eigenvalue weighted by Gasteiger charge is -2.20. The Balaban J connectivity index is 1.86. The van der Waals surface area contributed by atoms with Gasteiger partial charge in [0.1, 0.15) is 12.3 Å². The van der Waals surface area contributed by atoms with E-state index in [-0.39, 0.29) is 19.1 Å². The molecule has 1 fully saturated rings. The number of carboxylic acids is 1. The van der Waals surface area contributed by atoms with Crippen LogP contribution in [0.4, 0.5) is 0 Å². The largest absolute Gasteiger partial charge is 0.484 e. The zero-order chi connectivity index (χ0) is 15.2. The molecule has 0 bridgehead atoms. The fraction of sp³-hybridized carbons (Fsp3) is 0.500. The van der Waals surface area contributed by atoms with Gasteiger partial charge in [0.2, 0.25) is 0 Å². The SMILES string of the molecule is CCc1ccc(OCC(=O)N(CC(=O)O)CC2CC2)cc1. The molecule has 114 valence electrons. The average molecular weight is 291 g/mol. The van der Waals surface area contributed by atoms with Gasteiger partial charge < -0.3 is 14.7 Å². The number of carboxylic acid groups (broad SMARTS) is 1. The third-order valence-corrected chi connectivity index (χ3v) is 3.55. The molecule has 1 N–H and O–H groups in total. The van der Waals surface area contributed by atoms with E-state index in [4.69, 9.17) is 9.84 Å². The van der Waals surface area contributed by atoms with Gasteiger partial charge in [-0.3, -0.25) is 9.59 Å². The summed E-state index contributed by atoms with van der Waals surface area (Å²) >= 11 is 0. The monoisotopic (exact) mass is 291 g/mol. The quantitative estimate of drug-likeness (QED) is 0.795. The first-order valence-corrected chi connectivity index (χ1v) is 7.29. The minimum atomic E-state index is -0.990. The van der Waals surface area contributed by atoms with Crippen molar-refractivity contribution in [1.82, 2.24) is 4.90 Å². The van der Waals surface area contributed by atoms with Crippen molar-refractivity contribution in [3.05, 3.63) is 29.8 Å². The van der Waals surface area contributed by atoms with Gasteiger partial charge in [-0.2, -0.15) is 0 Å². The first-order valence-electron chi connectivity index (χ1n) is 7.29. The van der Waals surface area contributed by atoms with E-state index in [0.29, 0.717) is 18.2 Å². The van der Waals surface area contributed by atoms with E-state index in [1.165, 1.54) is 10.5 Å². The Morgan fingerprint density at radius 2 is 1.95 bits per heavy atom. The topological polar surface area (TPSA) is 66.8 Å². The van der Waals surface area contributed by atoms with Gasteiger partial charge in [0.05, 0.1) is 0 Å². The molecular formula is C16H21NO4. The first kappa shape index (κ1) is 15.4. The Morgan fingerprint density at radius 1 is 1.29 bits per heavy atom. The second kappa shape index (κ2) is 7.11. The van der Waals surface area contributed by atoms with Gasteiger partial charge in [-0.1, -0.05) is 19.1 Å². The molecule has 0 unspecified atom stereocenters. The molecule has 1 saturated carbocycles. The van der Waals surface area contributed by atoms with Gasteiger partial charge in [-0.15, -0.1) is 0 Å².